The average Bonchev–Trinajstić information content (AvgIpc) is 3.79. The Morgan fingerprint density at radius 1 is 1.03 bits per heavy atom. The third kappa shape index (κ3) is 5.89. The number of aryl methyl sites for hydroxylation is 1. The van der Waals surface area contributed by atoms with Crippen molar-refractivity contribution in [2.75, 3.05) is 53.0 Å². The van der Waals surface area contributed by atoms with Gasteiger partial charge in [-0.3, -0.25) is 14.5 Å². The van der Waals surface area contributed by atoms with Crippen LogP contribution in [0, 0.1) is 12.8 Å². The van der Waals surface area contributed by atoms with E-state index in [2.05, 4.69) is 53.1 Å². The second-order valence-electron chi connectivity index (χ2n) is 10.9. The van der Waals surface area contributed by atoms with Gasteiger partial charge in [0.05, 0.1) is 12.6 Å². The number of rotatable bonds is 9. The maximum Gasteiger partial charge on any atom is 0.263 e. The highest BCUT2D eigenvalue weighted by molar-refractivity contribution is 5.83. The molecule has 1 aliphatic carbocycles. The van der Waals surface area contributed by atoms with Crippen LogP contribution >= 0.6 is 0 Å². The fourth-order valence-electron chi connectivity index (χ4n) is 5.76. The standard InChI is InChI=1S/C31H41N3O4/c1-4-28(31(36)33-16-14-32(15-17-33)18-19-37-3)38-26-11-10-23-12-13-34(30(35)24-8-9-24)29(27(23)21-26)25-7-5-6-22(2)20-25/h5-7,10-11,20-21,24,28-29H,4,8-9,12-19H2,1-3H3/t28-,29-/m0/s1. The molecule has 5 rings (SSSR count). The number of fused-ring (bicyclic) bond motifs is 1. The Labute approximate surface area is 226 Å². The van der Waals surface area contributed by atoms with E-state index in [0.29, 0.717) is 31.9 Å². The number of ether oxygens (including phenoxy) is 2. The zero-order valence-corrected chi connectivity index (χ0v) is 23.0. The summed E-state index contributed by atoms with van der Waals surface area (Å²) in [6, 6.07) is 14.5. The van der Waals surface area contributed by atoms with E-state index in [4.69, 9.17) is 9.47 Å². The largest absolute Gasteiger partial charge is 0.481 e. The Morgan fingerprint density at radius 2 is 1.82 bits per heavy atom. The molecule has 2 fully saturated rings. The minimum atomic E-state index is -0.524. The van der Waals surface area contributed by atoms with E-state index < -0.39 is 6.10 Å². The Hall–Kier alpha value is -2.90. The van der Waals surface area contributed by atoms with Crippen LogP contribution in [0.25, 0.3) is 0 Å². The van der Waals surface area contributed by atoms with Gasteiger partial charge in [0.15, 0.2) is 6.10 Å². The second-order valence-corrected chi connectivity index (χ2v) is 10.9. The lowest BCUT2D eigenvalue weighted by Gasteiger charge is -2.38. The molecule has 0 radical (unpaired) electrons. The van der Waals surface area contributed by atoms with Crippen molar-refractivity contribution in [3.05, 3.63) is 64.7 Å². The number of methoxy groups -OCH3 is 1. The molecular formula is C31H41N3O4. The zero-order valence-electron chi connectivity index (χ0n) is 23.0. The van der Waals surface area contributed by atoms with E-state index in [-0.39, 0.29) is 23.8 Å². The smallest absolute Gasteiger partial charge is 0.263 e. The average molecular weight is 520 g/mol. The summed E-state index contributed by atoms with van der Waals surface area (Å²) in [7, 11) is 1.72. The molecule has 0 unspecified atom stereocenters. The minimum absolute atomic E-state index is 0.0531. The normalized spacial score (nSPS) is 20.7. The summed E-state index contributed by atoms with van der Waals surface area (Å²) in [6.45, 7) is 9.55. The minimum Gasteiger partial charge on any atom is -0.481 e. The summed E-state index contributed by atoms with van der Waals surface area (Å²) in [5, 5.41) is 0. The SMILES string of the molecule is CC[C@H](Oc1ccc2c(c1)[C@H](c1cccc(C)c1)N(C(=O)C1CC1)CC2)C(=O)N1CCN(CCOC)CC1. The van der Waals surface area contributed by atoms with Gasteiger partial charge in [-0.15, -0.1) is 0 Å². The van der Waals surface area contributed by atoms with E-state index in [1.54, 1.807) is 7.11 Å². The maximum atomic E-state index is 13.4. The highest BCUT2D eigenvalue weighted by atomic mass is 16.5. The van der Waals surface area contributed by atoms with E-state index >= 15 is 0 Å². The number of carbonyl (C=O) groups excluding carboxylic acids is 2. The van der Waals surface area contributed by atoms with Gasteiger partial charge in [-0.25, -0.2) is 0 Å². The molecular weight excluding hydrogens is 478 g/mol. The van der Waals surface area contributed by atoms with Gasteiger partial charge in [0.1, 0.15) is 5.75 Å². The molecule has 204 valence electrons. The van der Waals surface area contributed by atoms with Crippen LogP contribution in [-0.4, -0.2) is 85.6 Å². The van der Waals surface area contributed by atoms with Crippen molar-refractivity contribution in [2.24, 2.45) is 5.92 Å². The molecule has 7 nitrogen and oxygen atoms in total. The molecule has 2 atom stereocenters. The summed E-state index contributed by atoms with van der Waals surface area (Å²) in [5.74, 6) is 1.18. The van der Waals surface area contributed by atoms with Crippen LogP contribution < -0.4 is 4.74 Å². The molecule has 0 aromatic heterocycles. The Bertz CT molecular complexity index is 1140. The third-order valence-corrected chi connectivity index (χ3v) is 8.13. The number of amides is 2. The second kappa shape index (κ2) is 11.9. The van der Waals surface area contributed by atoms with Gasteiger partial charge >= 0.3 is 0 Å². The molecule has 0 N–H and O–H groups in total. The number of hydrogen-bond acceptors (Lipinski definition) is 5. The fourth-order valence-corrected chi connectivity index (χ4v) is 5.76. The molecule has 2 heterocycles. The van der Waals surface area contributed by atoms with Gasteiger partial charge in [0, 0.05) is 52.3 Å². The van der Waals surface area contributed by atoms with Crippen molar-refractivity contribution in [1.29, 1.82) is 0 Å². The maximum absolute atomic E-state index is 13.4. The van der Waals surface area contributed by atoms with E-state index in [1.165, 1.54) is 11.1 Å². The zero-order chi connectivity index (χ0) is 26.6. The van der Waals surface area contributed by atoms with Crippen LogP contribution in [-0.2, 0) is 20.7 Å². The van der Waals surface area contributed by atoms with Crippen molar-refractivity contribution in [1.82, 2.24) is 14.7 Å². The topological polar surface area (TPSA) is 62.3 Å². The van der Waals surface area contributed by atoms with Crippen molar-refractivity contribution in [2.45, 2.75) is 51.7 Å². The lowest BCUT2D eigenvalue weighted by Crippen LogP contribution is -2.52. The first-order valence-electron chi connectivity index (χ1n) is 14.1. The summed E-state index contributed by atoms with van der Waals surface area (Å²) < 4.78 is 11.6. The van der Waals surface area contributed by atoms with Crippen LogP contribution in [0.3, 0.4) is 0 Å². The van der Waals surface area contributed by atoms with Gasteiger partial charge in [-0.2, -0.15) is 0 Å². The molecule has 3 aliphatic rings. The van der Waals surface area contributed by atoms with Crippen molar-refractivity contribution in [3.8, 4) is 5.75 Å². The summed E-state index contributed by atoms with van der Waals surface area (Å²) in [5.41, 5.74) is 4.67. The van der Waals surface area contributed by atoms with Gasteiger partial charge in [0.25, 0.3) is 5.91 Å². The first kappa shape index (κ1) is 26.7. The van der Waals surface area contributed by atoms with Crippen molar-refractivity contribution in [3.63, 3.8) is 0 Å². The molecule has 2 aromatic carbocycles. The first-order valence-corrected chi connectivity index (χ1v) is 14.1. The van der Waals surface area contributed by atoms with Crippen LogP contribution in [0.4, 0.5) is 0 Å². The Balaban J connectivity index is 1.35. The molecule has 1 saturated carbocycles. The number of carbonyl (C=O) groups is 2. The Kier molecular flexibility index (Phi) is 8.34. The molecule has 7 heteroatoms. The summed E-state index contributed by atoms with van der Waals surface area (Å²) in [6.07, 6.45) is 2.90. The van der Waals surface area contributed by atoms with Crippen LogP contribution in [0.1, 0.15) is 54.5 Å². The van der Waals surface area contributed by atoms with Gasteiger partial charge in [0.2, 0.25) is 5.91 Å². The van der Waals surface area contributed by atoms with E-state index in [0.717, 1.165) is 56.6 Å². The molecule has 0 spiro atoms. The predicted octanol–water partition coefficient (Wildman–Crippen LogP) is 3.83. The lowest BCUT2D eigenvalue weighted by molar-refractivity contribution is -0.140. The van der Waals surface area contributed by atoms with Crippen molar-refractivity contribution < 1.29 is 19.1 Å². The number of piperazine rings is 1. The lowest BCUT2D eigenvalue weighted by atomic mass is 9.87. The molecule has 0 bridgehead atoms. The van der Waals surface area contributed by atoms with Crippen LogP contribution in [0.15, 0.2) is 42.5 Å². The van der Waals surface area contributed by atoms with E-state index in [9.17, 15) is 9.59 Å². The first-order chi connectivity index (χ1) is 18.5. The fraction of sp³-hybridized carbons (Fsp3) is 0.548. The van der Waals surface area contributed by atoms with Crippen LogP contribution in [0.5, 0.6) is 5.75 Å². The van der Waals surface area contributed by atoms with Crippen molar-refractivity contribution >= 4 is 11.8 Å². The molecule has 1 saturated heterocycles. The number of benzene rings is 2. The summed E-state index contributed by atoms with van der Waals surface area (Å²) >= 11 is 0. The third-order valence-electron chi connectivity index (χ3n) is 8.13. The molecule has 2 amide bonds. The van der Waals surface area contributed by atoms with Gasteiger partial charge in [-0.1, -0.05) is 42.8 Å². The predicted molar refractivity (Wildman–Crippen MR) is 147 cm³/mol. The highest BCUT2D eigenvalue weighted by Crippen LogP contribution is 2.41. The summed E-state index contributed by atoms with van der Waals surface area (Å²) in [4.78, 5) is 33.1. The number of nitrogens with zero attached hydrogens (tertiary/aromatic N) is 3. The number of hydrogen-bond donors (Lipinski definition) is 0. The molecule has 38 heavy (non-hydrogen) atoms. The van der Waals surface area contributed by atoms with E-state index in [1.807, 2.05) is 17.9 Å². The molecule has 2 aliphatic heterocycles. The van der Waals surface area contributed by atoms with Gasteiger partial charge < -0.3 is 19.3 Å². The molecule has 2 aromatic rings. The monoisotopic (exact) mass is 519 g/mol. The quantitative estimate of drug-likeness (QED) is 0.504. The highest BCUT2D eigenvalue weighted by Gasteiger charge is 2.40. The van der Waals surface area contributed by atoms with Crippen LogP contribution in [0.2, 0.25) is 0 Å². The van der Waals surface area contributed by atoms with Gasteiger partial charge in [-0.05, 0) is 61.4 Å². The Morgan fingerprint density at radius 3 is 2.50 bits per heavy atom.